The molecule has 0 radical (unpaired) electrons. The molecule has 6 heteroatoms. The fourth-order valence-corrected chi connectivity index (χ4v) is 1.87. The number of carbonyl (C=O) groups is 1. The van der Waals surface area contributed by atoms with Crippen LogP contribution in [0, 0.1) is 5.82 Å². The van der Waals surface area contributed by atoms with E-state index in [1.165, 1.54) is 11.1 Å². The molecular formula is C13H16FN3O2. The van der Waals surface area contributed by atoms with Crippen LogP contribution in [0.3, 0.4) is 0 Å². The minimum Gasteiger partial charge on any atom is -0.461 e. The number of hydrazone groups is 1. The van der Waals surface area contributed by atoms with Crippen LogP contribution in [0.5, 0.6) is 0 Å². The van der Waals surface area contributed by atoms with Gasteiger partial charge >= 0.3 is 5.97 Å². The van der Waals surface area contributed by atoms with Crippen molar-refractivity contribution in [3.8, 4) is 0 Å². The highest BCUT2D eigenvalue weighted by Gasteiger charge is 2.28. The molecule has 1 atom stereocenters. The number of ether oxygens (including phenoxy) is 1. The van der Waals surface area contributed by atoms with E-state index >= 15 is 0 Å². The SMILES string of the molecule is CCOC(=O)C1=NN(Cc2ccccc2F)C(N)C1. The van der Waals surface area contributed by atoms with Gasteiger partial charge in [0, 0.05) is 12.0 Å². The zero-order valence-corrected chi connectivity index (χ0v) is 10.7. The largest absolute Gasteiger partial charge is 0.461 e. The molecule has 102 valence electrons. The number of hydrogen-bond donors (Lipinski definition) is 1. The predicted molar refractivity (Wildman–Crippen MR) is 68.6 cm³/mol. The smallest absolute Gasteiger partial charge is 0.354 e. The van der Waals surface area contributed by atoms with Gasteiger partial charge in [0.1, 0.15) is 17.7 Å². The summed E-state index contributed by atoms with van der Waals surface area (Å²) in [6, 6.07) is 6.42. The van der Waals surface area contributed by atoms with E-state index in [0.29, 0.717) is 18.6 Å². The molecule has 0 aliphatic carbocycles. The maximum atomic E-state index is 13.5. The topological polar surface area (TPSA) is 67.9 Å². The Morgan fingerprint density at radius 2 is 2.32 bits per heavy atom. The van der Waals surface area contributed by atoms with Crippen LogP contribution in [-0.2, 0) is 16.1 Å². The van der Waals surface area contributed by atoms with Gasteiger partial charge in [-0.15, -0.1) is 0 Å². The molecule has 1 heterocycles. The molecule has 0 bridgehead atoms. The number of halogens is 1. The van der Waals surface area contributed by atoms with Crippen LogP contribution in [-0.4, -0.2) is 29.5 Å². The minimum absolute atomic E-state index is 0.233. The number of rotatable bonds is 4. The molecular weight excluding hydrogens is 249 g/mol. The van der Waals surface area contributed by atoms with Crippen molar-refractivity contribution in [1.29, 1.82) is 0 Å². The second-order valence-electron chi connectivity index (χ2n) is 4.23. The van der Waals surface area contributed by atoms with Crippen LogP contribution in [0.4, 0.5) is 4.39 Å². The molecule has 1 aliphatic rings. The molecule has 2 rings (SSSR count). The highest BCUT2D eigenvalue weighted by Crippen LogP contribution is 2.17. The van der Waals surface area contributed by atoms with Gasteiger partial charge in [0.05, 0.1) is 13.2 Å². The van der Waals surface area contributed by atoms with Gasteiger partial charge in [0.25, 0.3) is 0 Å². The number of nitrogens with zero attached hydrogens (tertiary/aromatic N) is 2. The lowest BCUT2D eigenvalue weighted by molar-refractivity contribution is -0.135. The quantitative estimate of drug-likeness (QED) is 0.832. The standard InChI is InChI=1S/C13H16FN3O2/c1-2-19-13(18)11-7-12(15)17(16-11)8-9-5-3-4-6-10(9)14/h3-6,12H,2,7-8,15H2,1H3. The Balaban J connectivity index is 2.09. The second-order valence-corrected chi connectivity index (χ2v) is 4.23. The molecule has 0 saturated carbocycles. The van der Waals surface area contributed by atoms with Gasteiger partial charge in [-0.25, -0.2) is 9.18 Å². The van der Waals surface area contributed by atoms with E-state index in [-0.39, 0.29) is 18.1 Å². The third kappa shape index (κ3) is 3.08. The highest BCUT2D eigenvalue weighted by atomic mass is 19.1. The van der Waals surface area contributed by atoms with Crippen molar-refractivity contribution in [3.05, 3.63) is 35.6 Å². The summed E-state index contributed by atoms with van der Waals surface area (Å²) < 4.78 is 18.4. The van der Waals surface area contributed by atoms with Gasteiger partial charge in [-0.2, -0.15) is 5.10 Å². The number of hydrogen-bond acceptors (Lipinski definition) is 5. The molecule has 0 fully saturated rings. The van der Waals surface area contributed by atoms with Crippen LogP contribution < -0.4 is 5.73 Å². The summed E-state index contributed by atoms with van der Waals surface area (Å²) in [5.74, 6) is -0.775. The van der Waals surface area contributed by atoms with Gasteiger partial charge in [-0.05, 0) is 13.0 Å². The minimum atomic E-state index is -0.464. The Hall–Kier alpha value is -1.95. The maximum Gasteiger partial charge on any atom is 0.354 e. The van der Waals surface area contributed by atoms with Crippen molar-refractivity contribution >= 4 is 11.7 Å². The number of nitrogens with two attached hydrogens (primary N) is 1. The fraction of sp³-hybridized carbons (Fsp3) is 0.385. The number of benzene rings is 1. The van der Waals surface area contributed by atoms with E-state index in [1.54, 1.807) is 25.1 Å². The van der Waals surface area contributed by atoms with E-state index in [2.05, 4.69) is 5.10 Å². The van der Waals surface area contributed by atoms with Gasteiger partial charge in [0.2, 0.25) is 0 Å². The molecule has 0 saturated heterocycles. The molecule has 19 heavy (non-hydrogen) atoms. The Morgan fingerprint density at radius 3 is 3.00 bits per heavy atom. The van der Waals surface area contributed by atoms with Gasteiger partial charge in [-0.3, -0.25) is 5.01 Å². The zero-order valence-electron chi connectivity index (χ0n) is 10.7. The highest BCUT2D eigenvalue weighted by molar-refractivity contribution is 6.36. The zero-order chi connectivity index (χ0) is 13.8. The van der Waals surface area contributed by atoms with E-state index in [4.69, 9.17) is 10.5 Å². The van der Waals surface area contributed by atoms with Gasteiger partial charge in [0.15, 0.2) is 0 Å². The maximum absolute atomic E-state index is 13.5. The first kappa shape index (κ1) is 13.5. The first-order valence-electron chi connectivity index (χ1n) is 6.12. The molecule has 1 aromatic carbocycles. The summed E-state index contributed by atoms with van der Waals surface area (Å²) in [5.41, 5.74) is 6.66. The Kier molecular flexibility index (Phi) is 4.11. The Labute approximate surface area is 110 Å². The van der Waals surface area contributed by atoms with E-state index in [0.717, 1.165) is 0 Å². The fourth-order valence-electron chi connectivity index (χ4n) is 1.87. The van der Waals surface area contributed by atoms with Crippen molar-refractivity contribution in [2.75, 3.05) is 6.61 Å². The summed E-state index contributed by atoms with van der Waals surface area (Å²) in [5, 5.41) is 5.61. The second kappa shape index (κ2) is 5.79. The average molecular weight is 265 g/mol. The number of carbonyl (C=O) groups excluding carboxylic acids is 1. The Bertz CT molecular complexity index is 504. The lowest BCUT2D eigenvalue weighted by Crippen LogP contribution is -2.34. The lowest BCUT2D eigenvalue weighted by atomic mass is 10.2. The molecule has 1 unspecified atom stereocenters. The average Bonchev–Trinajstić information content (AvgIpc) is 2.74. The summed E-state index contributed by atoms with van der Waals surface area (Å²) in [6.45, 7) is 2.25. The van der Waals surface area contributed by atoms with Crippen molar-refractivity contribution in [2.24, 2.45) is 10.8 Å². The van der Waals surface area contributed by atoms with Gasteiger partial charge in [-0.1, -0.05) is 18.2 Å². The van der Waals surface area contributed by atoms with Crippen molar-refractivity contribution < 1.29 is 13.9 Å². The summed E-state index contributed by atoms with van der Waals surface area (Å²) in [4.78, 5) is 11.5. The normalized spacial score (nSPS) is 18.4. The van der Waals surface area contributed by atoms with E-state index < -0.39 is 12.1 Å². The summed E-state index contributed by atoms with van der Waals surface area (Å²) in [6.07, 6.45) is -0.119. The molecule has 0 amide bonds. The summed E-state index contributed by atoms with van der Waals surface area (Å²) in [7, 11) is 0. The first-order valence-corrected chi connectivity index (χ1v) is 6.12. The molecule has 2 N–H and O–H groups in total. The van der Waals surface area contributed by atoms with E-state index in [1.807, 2.05) is 0 Å². The lowest BCUT2D eigenvalue weighted by Gasteiger charge is -2.19. The van der Waals surface area contributed by atoms with Crippen molar-refractivity contribution in [2.45, 2.75) is 26.1 Å². The third-order valence-electron chi connectivity index (χ3n) is 2.84. The van der Waals surface area contributed by atoms with Crippen LogP contribution in [0.2, 0.25) is 0 Å². The molecule has 0 aromatic heterocycles. The van der Waals surface area contributed by atoms with Crippen LogP contribution in [0.1, 0.15) is 18.9 Å². The van der Waals surface area contributed by atoms with Crippen molar-refractivity contribution in [1.82, 2.24) is 5.01 Å². The van der Waals surface area contributed by atoms with E-state index in [9.17, 15) is 9.18 Å². The monoisotopic (exact) mass is 265 g/mol. The van der Waals surface area contributed by atoms with Crippen LogP contribution in [0.15, 0.2) is 29.4 Å². The van der Waals surface area contributed by atoms with Crippen LogP contribution in [0.25, 0.3) is 0 Å². The number of esters is 1. The Morgan fingerprint density at radius 1 is 1.58 bits per heavy atom. The van der Waals surface area contributed by atoms with Crippen molar-refractivity contribution in [3.63, 3.8) is 0 Å². The first-order chi connectivity index (χ1) is 9.11. The third-order valence-corrected chi connectivity index (χ3v) is 2.84. The predicted octanol–water partition coefficient (Wildman–Crippen LogP) is 1.24. The molecule has 1 aromatic rings. The van der Waals surface area contributed by atoms with Crippen LogP contribution >= 0.6 is 0 Å². The summed E-state index contributed by atoms with van der Waals surface area (Å²) >= 11 is 0. The molecule has 1 aliphatic heterocycles. The molecule has 5 nitrogen and oxygen atoms in total. The molecule has 0 spiro atoms. The van der Waals surface area contributed by atoms with Gasteiger partial charge < -0.3 is 10.5 Å².